The van der Waals surface area contributed by atoms with Gasteiger partial charge in [0.2, 0.25) is 0 Å². The van der Waals surface area contributed by atoms with Gasteiger partial charge < -0.3 is 55.6 Å². The lowest BCUT2D eigenvalue weighted by molar-refractivity contribution is -0.280. The molecular weight excluding hydrogens is 540 g/mol. The van der Waals surface area contributed by atoms with Crippen LogP contribution in [-0.4, -0.2) is 112 Å². The maximum absolute atomic E-state index is 12.2. The highest BCUT2D eigenvalue weighted by Crippen LogP contribution is 2.61. The molecule has 2 fully saturated rings. The van der Waals surface area contributed by atoms with Crippen LogP contribution in [0.4, 0.5) is 5.82 Å². The third-order valence-electron chi connectivity index (χ3n) is 5.16. The molecule has 0 radical (unpaired) electrons. The molecule has 2 aliphatic rings. The average Bonchev–Trinajstić information content (AvgIpc) is 3.06. The van der Waals surface area contributed by atoms with Crippen molar-refractivity contribution in [2.75, 3.05) is 18.9 Å². The van der Waals surface area contributed by atoms with Gasteiger partial charge in [-0.15, -0.1) is 0 Å². The van der Waals surface area contributed by atoms with Crippen LogP contribution in [0.2, 0.25) is 0 Å². The molecule has 21 heteroatoms. The Morgan fingerprint density at radius 2 is 1.61 bits per heavy atom. The molecule has 1 aromatic rings. The number of rotatable bonds is 9. The smallest absolute Gasteiger partial charge is 0.394 e. The van der Waals surface area contributed by atoms with Gasteiger partial charge in [-0.05, 0) is 6.07 Å². The van der Waals surface area contributed by atoms with Crippen LogP contribution in [0.1, 0.15) is 6.23 Å². The molecule has 2 saturated heterocycles. The van der Waals surface area contributed by atoms with Gasteiger partial charge in [-0.3, -0.25) is 13.6 Å². The number of aromatic nitrogens is 2. The molecule has 11 atom stereocenters. The molecule has 5 unspecified atom stereocenters. The number of hydrogen-bond donors (Lipinski definition) is 9. The van der Waals surface area contributed by atoms with E-state index in [1.54, 1.807) is 0 Å². The van der Waals surface area contributed by atoms with Crippen molar-refractivity contribution in [3.63, 3.8) is 0 Å². The summed E-state index contributed by atoms with van der Waals surface area (Å²) in [6, 6.07) is 1.21. The molecule has 0 saturated carbocycles. The highest BCUT2D eigenvalue weighted by atomic mass is 31.3. The molecule has 0 aliphatic carbocycles. The second-order valence-corrected chi connectivity index (χ2v) is 10.7. The molecular formula is C15H25N3O16P2. The molecule has 1 aromatic heterocycles. The van der Waals surface area contributed by atoms with E-state index in [9.17, 15) is 49.2 Å². The molecule has 2 aliphatic heterocycles. The molecule has 10 N–H and O–H groups in total. The fourth-order valence-corrected chi connectivity index (χ4v) is 5.50. The Labute approximate surface area is 201 Å². The second kappa shape index (κ2) is 11.2. The minimum atomic E-state index is -5.58. The Bertz CT molecular complexity index is 1070. The molecule has 0 amide bonds. The number of anilines is 1. The first-order chi connectivity index (χ1) is 16.7. The van der Waals surface area contributed by atoms with E-state index in [4.69, 9.17) is 20.3 Å². The molecule has 0 spiro atoms. The molecule has 206 valence electrons. The predicted octanol–water partition coefficient (Wildman–Crippen LogP) is -4.50. The summed E-state index contributed by atoms with van der Waals surface area (Å²) in [6.07, 6.45) is -15.0. The van der Waals surface area contributed by atoms with Gasteiger partial charge >= 0.3 is 21.3 Å². The lowest BCUT2D eigenvalue weighted by Crippen LogP contribution is -2.58. The summed E-state index contributed by atoms with van der Waals surface area (Å²) < 4.78 is 48.3. The van der Waals surface area contributed by atoms with E-state index in [1.165, 1.54) is 6.07 Å². The van der Waals surface area contributed by atoms with Crippen molar-refractivity contribution in [3.05, 3.63) is 22.7 Å². The molecule has 0 bridgehead atoms. The van der Waals surface area contributed by atoms with Gasteiger partial charge in [0.15, 0.2) is 12.5 Å². The van der Waals surface area contributed by atoms with Gasteiger partial charge in [0.1, 0.15) is 48.5 Å². The summed E-state index contributed by atoms with van der Waals surface area (Å²) in [5.74, 6) is -0.123. The van der Waals surface area contributed by atoms with E-state index < -0.39 is 89.8 Å². The molecule has 3 rings (SSSR count). The zero-order chi connectivity index (χ0) is 27.0. The highest BCUT2D eigenvalue weighted by Gasteiger charge is 2.49. The van der Waals surface area contributed by atoms with Gasteiger partial charge in [-0.25, -0.2) is 13.9 Å². The number of ether oxygens (including phenoxy) is 2. The first kappa shape index (κ1) is 29.2. The normalized spacial score (nSPS) is 38.4. The zero-order valence-corrected chi connectivity index (χ0v) is 19.8. The van der Waals surface area contributed by atoms with Crippen LogP contribution in [-0.2, 0) is 32.0 Å². The van der Waals surface area contributed by atoms with Crippen molar-refractivity contribution in [1.82, 2.24) is 9.55 Å². The standard InChI is InChI=1S/C15H25N3O16P2/c16-7-1-2-18(15(25)17-7)13-11(23)9(21)6(31-13)4-30-35(26,27)34-36(28,29)33-14-12(24)10(22)8(20)5(3-19)32-14/h1-2,5-6,8-14,19-24H,3-4H2,(H,26,27)(H,28,29)(H2,16,17,25)/t5?,6-,8+,9?,10+,11+,12?,13-,14+/m1/s1. The lowest BCUT2D eigenvalue weighted by atomic mass is 10.00. The topological polar surface area (TPSA) is 303 Å². The fourth-order valence-electron chi connectivity index (χ4n) is 3.34. The number of hydrogen-bond acceptors (Lipinski definition) is 16. The third-order valence-corrected chi connectivity index (χ3v) is 7.76. The van der Waals surface area contributed by atoms with Crippen LogP contribution in [0.25, 0.3) is 0 Å². The molecule has 0 aromatic carbocycles. The maximum Gasteiger partial charge on any atom is 0.483 e. The van der Waals surface area contributed by atoms with E-state index >= 15 is 0 Å². The summed E-state index contributed by atoms with van der Waals surface area (Å²) in [6.45, 7) is -1.89. The van der Waals surface area contributed by atoms with Crippen LogP contribution in [0, 0.1) is 0 Å². The van der Waals surface area contributed by atoms with Crippen LogP contribution < -0.4 is 11.4 Å². The minimum Gasteiger partial charge on any atom is -0.394 e. The van der Waals surface area contributed by atoms with E-state index in [0.717, 1.165) is 10.8 Å². The fraction of sp³-hybridized carbons (Fsp3) is 0.733. The van der Waals surface area contributed by atoms with E-state index in [-0.39, 0.29) is 5.82 Å². The summed E-state index contributed by atoms with van der Waals surface area (Å²) >= 11 is 0. The number of aliphatic hydroxyl groups is 6. The van der Waals surface area contributed by atoms with Crippen molar-refractivity contribution in [2.45, 2.75) is 55.2 Å². The van der Waals surface area contributed by atoms with Crippen molar-refractivity contribution < 1.29 is 72.4 Å². The summed E-state index contributed by atoms with van der Waals surface area (Å²) in [5, 5.41) is 58.7. The highest BCUT2D eigenvalue weighted by molar-refractivity contribution is 7.61. The number of aliphatic hydroxyl groups excluding tert-OH is 6. The van der Waals surface area contributed by atoms with E-state index in [2.05, 4.69) is 18.3 Å². The van der Waals surface area contributed by atoms with Crippen LogP contribution in [0.5, 0.6) is 0 Å². The van der Waals surface area contributed by atoms with Gasteiger partial charge in [0.25, 0.3) is 0 Å². The van der Waals surface area contributed by atoms with E-state index in [0.29, 0.717) is 0 Å². The largest absolute Gasteiger partial charge is 0.483 e. The number of phosphoric acid groups is 2. The predicted molar refractivity (Wildman–Crippen MR) is 110 cm³/mol. The van der Waals surface area contributed by atoms with Crippen molar-refractivity contribution in [1.29, 1.82) is 0 Å². The molecule has 19 nitrogen and oxygen atoms in total. The van der Waals surface area contributed by atoms with Gasteiger partial charge in [-0.1, -0.05) is 0 Å². The van der Waals surface area contributed by atoms with Crippen LogP contribution in [0.15, 0.2) is 17.1 Å². The van der Waals surface area contributed by atoms with Gasteiger partial charge in [-0.2, -0.15) is 9.29 Å². The SMILES string of the molecule is Nc1ccn([C@@H]2O[C@H](COP(=O)(O)OP(=O)(O)O[C@@H]3OC(CO)[C@H](O)[C@H](O)C3O)C(O)[C@@H]2O)c(=O)n1. The van der Waals surface area contributed by atoms with Gasteiger partial charge in [0, 0.05) is 6.20 Å². The second-order valence-electron chi connectivity index (χ2n) is 7.71. The van der Waals surface area contributed by atoms with Crippen LogP contribution in [0.3, 0.4) is 0 Å². The Kier molecular flexibility index (Phi) is 9.05. The zero-order valence-electron chi connectivity index (χ0n) is 18.0. The van der Waals surface area contributed by atoms with Crippen LogP contribution >= 0.6 is 15.6 Å². The van der Waals surface area contributed by atoms with Crippen molar-refractivity contribution in [3.8, 4) is 0 Å². The van der Waals surface area contributed by atoms with Crippen molar-refractivity contribution >= 4 is 21.5 Å². The summed E-state index contributed by atoms with van der Waals surface area (Å²) in [7, 11) is -11.0. The monoisotopic (exact) mass is 565 g/mol. The third kappa shape index (κ3) is 6.54. The maximum atomic E-state index is 12.2. The van der Waals surface area contributed by atoms with Gasteiger partial charge in [0.05, 0.1) is 13.2 Å². The summed E-state index contributed by atoms with van der Waals surface area (Å²) in [4.78, 5) is 35.0. The summed E-state index contributed by atoms with van der Waals surface area (Å²) in [5.41, 5.74) is 4.44. The Hall–Kier alpha value is -1.38. The molecule has 36 heavy (non-hydrogen) atoms. The Morgan fingerprint density at radius 1 is 0.972 bits per heavy atom. The Balaban J connectivity index is 1.61. The number of phosphoric ester groups is 2. The lowest BCUT2D eigenvalue weighted by Gasteiger charge is -2.39. The Morgan fingerprint density at radius 3 is 2.22 bits per heavy atom. The number of nitrogens with two attached hydrogens (primary N) is 1. The first-order valence-electron chi connectivity index (χ1n) is 10.0. The average molecular weight is 565 g/mol. The first-order valence-corrected chi connectivity index (χ1v) is 13.0. The van der Waals surface area contributed by atoms with Crippen molar-refractivity contribution in [2.24, 2.45) is 0 Å². The molecule has 3 heterocycles. The number of nitrogen functional groups attached to an aromatic ring is 1. The quantitative estimate of drug-likeness (QED) is 0.127. The number of nitrogens with zero attached hydrogens (tertiary/aromatic N) is 2. The van der Waals surface area contributed by atoms with E-state index in [1.807, 2.05) is 0 Å². The minimum absolute atomic E-state index is 0.123.